The fourth-order valence-electron chi connectivity index (χ4n) is 1.43. The van der Waals surface area contributed by atoms with Gasteiger partial charge in [-0.15, -0.1) is 0 Å². The molecule has 0 atom stereocenters. The molecule has 0 saturated carbocycles. The first kappa shape index (κ1) is 11.1. The van der Waals surface area contributed by atoms with E-state index in [0.717, 1.165) is 5.56 Å². The molecule has 2 rings (SSSR count). The fourth-order valence-corrected chi connectivity index (χ4v) is 1.61. The third-order valence-corrected chi connectivity index (χ3v) is 2.55. The van der Waals surface area contributed by atoms with Crippen LogP contribution in [0.2, 0.25) is 5.15 Å². The van der Waals surface area contributed by atoms with Crippen LogP contribution in [0.1, 0.15) is 5.56 Å². The number of nitrogens with zero attached hydrogens (tertiary/aromatic N) is 2. The summed E-state index contributed by atoms with van der Waals surface area (Å²) in [5, 5.41) is 9.44. The highest BCUT2D eigenvalue weighted by molar-refractivity contribution is 6.29. The third kappa shape index (κ3) is 2.59. The van der Waals surface area contributed by atoms with Gasteiger partial charge in [0.1, 0.15) is 5.15 Å². The van der Waals surface area contributed by atoms with E-state index in [1.807, 2.05) is 0 Å². The predicted octanol–water partition coefficient (Wildman–Crippen LogP) is 0.951. The SMILES string of the molecule is O=C(/C=C/c1ccnc(Cl)c1)N1CC(O)C1. The molecular weight excluding hydrogens is 228 g/mol. The summed E-state index contributed by atoms with van der Waals surface area (Å²) in [4.78, 5) is 16.9. The molecule has 0 spiro atoms. The Labute approximate surface area is 98.2 Å². The van der Waals surface area contributed by atoms with Gasteiger partial charge in [-0.3, -0.25) is 4.79 Å². The molecule has 0 bridgehead atoms. The molecule has 16 heavy (non-hydrogen) atoms. The average molecular weight is 239 g/mol. The quantitative estimate of drug-likeness (QED) is 0.617. The molecule has 0 aliphatic carbocycles. The maximum atomic E-state index is 11.5. The molecule has 1 aliphatic rings. The summed E-state index contributed by atoms with van der Waals surface area (Å²) in [6, 6.07) is 3.44. The maximum Gasteiger partial charge on any atom is 0.246 e. The van der Waals surface area contributed by atoms with E-state index in [1.165, 1.54) is 6.08 Å². The monoisotopic (exact) mass is 238 g/mol. The number of hydrogen-bond donors (Lipinski definition) is 1. The molecule has 0 radical (unpaired) electrons. The number of pyridine rings is 1. The second-order valence-electron chi connectivity index (χ2n) is 3.64. The Morgan fingerprint density at radius 3 is 3.00 bits per heavy atom. The third-order valence-electron chi connectivity index (χ3n) is 2.34. The van der Waals surface area contributed by atoms with E-state index in [0.29, 0.717) is 18.2 Å². The van der Waals surface area contributed by atoms with E-state index in [-0.39, 0.29) is 12.0 Å². The number of aliphatic hydroxyl groups is 1. The van der Waals surface area contributed by atoms with E-state index in [4.69, 9.17) is 16.7 Å². The summed E-state index contributed by atoms with van der Waals surface area (Å²) in [5.74, 6) is -0.0989. The molecule has 4 nitrogen and oxygen atoms in total. The van der Waals surface area contributed by atoms with Crippen molar-refractivity contribution in [2.24, 2.45) is 0 Å². The summed E-state index contributed by atoms with van der Waals surface area (Å²) in [6.07, 6.45) is 4.37. The summed E-state index contributed by atoms with van der Waals surface area (Å²) >= 11 is 5.71. The maximum absolute atomic E-state index is 11.5. The molecule has 1 amide bonds. The Balaban J connectivity index is 1.96. The summed E-state index contributed by atoms with van der Waals surface area (Å²) in [6.45, 7) is 0.834. The van der Waals surface area contributed by atoms with Gasteiger partial charge in [-0.05, 0) is 23.8 Å². The number of aromatic nitrogens is 1. The number of halogens is 1. The zero-order chi connectivity index (χ0) is 11.5. The van der Waals surface area contributed by atoms with Crippen LogP contribution in [0.25, 0.3) is 6.08 Å². The topological polar surface area (TPSA) is 53.4 Å². The van der Waals surface area contributed by atoms with E-state index in [1.54, 1.807) is 29.3 Å². The van der Waals surface area contributed by atoms with Crippen LogP contribution in [0.3, 0.4) is 0 Å². The van der Waals surface area contributed by atoms with Gasteiger partial charge in [0.2, 0.25) is 5.91 Å². The highest BCUT2D eigenvalue weighted by atomic mass is 35.5. The zero-order valence-electron chi connectivity index (χ0n) is 8.51. The van der Waals surface area contributed by atoms with Crippen molar-refractivity contribution in [1.82, 2.24) is 9.88 Å². The van der Waals surface area contributed by atoms with Crippen molar-refractivity contribution >= 4 is 23.6 Å². The lowest BCUT2D eigenvalue weighted by Gasteiger charge is -2.34. The minimum absolute atomic E-state index is 0.0989. The molecule has 1 aromatic rings. The minimum atomic E-state index is -0.368. The van der Waals surface area contributed by atoms with Crippen molar-refractivity contribution in [3.63, 3.8) is 0 Å². The van der Waals surface area contributed by atoms with Crippen LogP contribution in [-0.4, -0.2) is 40.1 Å². The lowest BCUT2D eigenvalue weighted by atomic mass is 10.1. The van der Waals surface area contributed by atoms with Crippen molar-refractivity contribution < 1.29 is 9.90 Å². The van der Waals surface area contributed by atoms with E-state index in [2.05, 4.69) is 4.98 Å². The molecule has 2 heterocycles. The van der Waals surface area contributed by atoms with Crippen molar-refractivity contribution in [2.75, 3.05) is 13.1 Å². The average Bonchev–Trinajstić information content (AvgIpc) is 2.22. The number of carbonyl (C=O) groups excluding carboxylic acids is 1. The Morgan fingerprint density at radius 1 is 1.62 bits per heavy atom. The van der Waals surface area contributed by atoms with Gasteiger partial charge < -0.3 is 10.0 Å². The summed E-state index contributed by atoms with van der Waals surface area (Å²) in [7, 11) is 0. The van der Waals surface area contributed by atoms with Crippen molar-refractivity contribution in [2.45, 2.75) is 6.10 Å². The minimum Gasteiger partial charge on any atom is -0.389 e. The van der Waals surface area contributed by atoms with E-state index >= 15 is 0 Å². The molecule has 1 N–H and O–H groups in total. The van der Waals surface area contributed by atoms with Crippen LogP contribution in [0.4, 0.5) is 0 Å². The number of rotatable bonds is 2. The van der Waals surface area contributed by atoms with Gasteiger partial charge in [-0.1, -0.05) is 11.6 Å². The first-order valence-electron chi connectivity index (χ1n) is 4.92. The number of hydrogen-bond acceptors (Lipinski definition) is 3. The van der Waals surface area contributed by atoms with Gasteiger partial charge in [0.25, 0.3) is 0 Å². The largest absolute Gasteiger partial charge is 0.389 e. The van der Waals surface area contributed by atoms with Crippen LogP contribution in [-0.2, 0) is 4.79 Å². The van der Waals surface area contributed by atoms with Gasteiger partial charge in [0.05, 0.1) is 6.10 Å². The Bertz CT molecular complexity index is 428. The molecule has 5 heteroatoms. The molecule has 1 aromatic heterocycles. The molecule has 0 unspecified atom stereocenters. The van der Waals surface area contributed by atoms with Crippen LogP contribution in [0.15, 0.2) is 24.4 Å². The molecule has 1 aliphatic heterocycles. The Morgan fingerprint density at radius 2 is 2.38 bits per heavy atom. The van der Waals surface area contributed by atoms with Crippen LogP contribution in [0.5, 0.6) is 0 Å². The zero-order valence-corrected chi connectivity index (χ0v) is 9.26. The standard InChI is InChI=1S/C11H11ClN2O2/c12-10-5-8(3-4-13-10)1-2-11(16)14-6-9(15)7-14/h1-5,9,15H,6-7H2/b2-1+. The fraction of sp³-hybridized carbons (Fsp3) is 0.273. The van der Waals surface area contributed by atoms with Gasteiger partial charge in [0, 0.05) is 25.4 Å². The lowest BCUT2D eigenvalue weighted by molar-refractivity contribution is -0.135. The van der Waals surface area contributed by atoms with Crippen molar-refractivity contribution in [1.29, 1.82) is 0 Å². The van der Waals surface area contributed by atoms with Crippen LogP contribution < -0.4 is 0 Å². The molecular formula is C11H11ClN2O2. The second kappa shape index (κ2) is 4.63. The summed E-state index contributed by atoms with van der Waals surface area (Å²) < 4.78 is 0. The first-order chi connectivity index (χ1) is 7.65. The number of β-amino-alcohol motifs (C(OH)–C–C–N with tert-alkyl or cyclic N) is 1. The molecule has 0 aromatic carbocycles. The molecule has 1 saturated heterocycles. The van der Waals surface area contributed by atoms with Gasteiger partial charge in [-0.25, -0.2) is 4.98 Å². The normalized spacial score (nSPS) is 16.5. The number of aliphatic hydroxyl groups excluding tert-OH is 1. The Kier molecular flexibility index (Phi) is 3.22. The van der Waals surface area contributed by atoms with Crippen molar-refractivity contribution in [3.8, 4) is 0 Å². The van der Waals surface area contributed by atoms with Gasteiger partial charge >= 0.3 is 0 Å². The van der Waals surface area contributed by atoms with Crippen LogP contribution >= 0.6 is 11.6 Å². The second-order valence-corrected chi connectivity index (χ2v) is 4.03. The number of likely N-dealkylation sites (tertiary alicyclic amines) is 1. The van der Waals surface area contributed by atoms with Gasteiger partial charge in [0.15, 0.2) is 0 Å². The predicted molar refractivity (Wildman–Crippen MR) is 60.9 cm³/mol. The van der Waals surface area contributed by atoms with Gasteiger partial charge in [-0.2, -0.15) is 0 Å². The number of amides is 1. The lowest BCUT2D eigenvalue weighted by Crippen LogP contribution is -2.52. The van der Waals surface area contributed by atoms with Crippen molar-refractivity contribution in [3.05, 3.63) is 35.1 Å². The Hall–Kier alpha value is -1.39. The van der Waals surface area contributed by atoms with E-state index < -0.39 is 0 Å². The van der Waals surface area contributed by atoms with E-state index in [9.17, 15) is 4.79 Å². The number of carbonyl (C=O) groups is 1. The highest BCUT2D eigenvalue weighted by Crippen LogP contribution is 2.11. The summed E-state index contributed by atoms with van der Waals surface area (Å²) in [5.41, 5.74) is 0.828. The highest BCUT2D eigenvalue weighted by Gasteiger charge is 2.26. The first-order valence-corrected chi connectivity index (χ1v) is 5.29. The van der Waals surface area contributed by atoms with Crippen LogP contribution in [0, 0.1) is 0 Å². The smallest absolute Gasteiger partial charge is 0.246 e. The molecule has 1 fully saturated rings. The molecule has 84 valence electrons.